The largest absolute Gasteiger partial charge is 0.486 e. The molecule has 1 amide bonds. The second kappa shape index (κ2) is 10.0. The van der Waals surface area contributed by atoms with E-state index in [2.05, 4.69) is 30.7 Å². The smallest absolute Gasteiger partial charge is 0.411 e. The number of nitrogens with zero attached hydrogens (tertiary/aromatic N) is 9. The summed E-state index contributed by atoms with van der Waals surface area (Å²) in [5, 5.41) is 19.8. The molecule has 0 N–H and O–H groups in total. The van der Waals surface area contributed by atoms with Crippen molar-refractivity contribution in [2.75, 3.05) is 13.7 Å². The van der Waals surface area contributed by atoms with Gasteiger partial charge in [0, 0.05) is 13.0 Å². The highest BCUT2D eigenvalue weighted by Crippen LogP contribution is 2.28. The fourth-order valence-electron chi connectivity index (χ4n) is 3.62. The molecule has 3 aromatic rings. The molecule has 186 valence electrons. The Balaban J connectivity index is 1.37. The Hall–Kier alpha value is -4.10. The second-order valence-electron chi connectivity index (χ2n) is 8.94. The van der Waals surface area contributed by atoms with Gasteiger partial charge < -0.3 is 14.2 Å². The van der Waals surface area contributed by atoms with Gasteiger partial charge in [-0.15, -0.1) is 5.10 Å². The molecular formula is C21H27N9O5. The van der Waals surface area contributed by atoms with Crippen LogP contribution in [0.2, 0.25) is 0 Å². The molecule has 0 radical (unpaired) electrons. The summed E-state index contributed by atoms with van der Waals surface area (Å²) in [6.07, 6.45) is 4.94. The fourth-order valence-corrected chi connectivity index (χ4v) is 3.62. The van der Waals surface area contributed by atoms with Crippen molar-refractivity contribution in [3.05, 3.63) is 36.5 Å². The number of carbonyl (C=O) groups excluding carboxylic acids is 2. The van der Waals surface area contributed by atoms with Crippen LogP contribution in [0.5, 0.6) is 5.75 Å². The van der Waals surface area contributed by atoms with E-state index in [1.807, 2.05) is 0 Å². The first-order valence-corrected chi connectivity index (χ1v) is 11.0. The number of esters is 1. The molecule has 14 heteroatoms. The van der Waals surface area contributed by atoms with Gasteiger partial charge in [0.25, 0.3) is 0 Å². The lowest BCUT2D eigenvalue weighted by Gasteiger charge is -2.37. The van der Waals surface area contributed by atoms with Crippen molar-refractivity contribution in [1.82, 2.24) is 45.1 Å². The Morgan fingerprint density at radius 3 is 2.69 bits per heavy atom. The van der Waals surface area contributed by atoms with Gasteiger partial charge in [0.2, 0.25) is 0 Å². The fraction of sp³-hybridized carbons (Fsp3) is 0.524. The Kier molecular flexibility index (Phi) is 6.89. The SMILES string of the molecule is COC(=O)C1CC(n2ncc(COc3ccc(-n4cnnn4)nc3)n2)CCN1C(=O)OC(C)(C)C. The van der Waals surface area contributed by atoms with Crippen LogP contribution in [0.15, 0.2) is 30.9 Å². The van der Waals surface area contributed by atoms with Gasteiger partial charge in [-0.2, -0.15) is 19.7 Å². The zero-order valence-electron chi connectivity index (χ0n) is 19.9. The molecule has 0 saturated carbocycles. The molecule has 0 aromatic carbocycles. The molecule has 1 aliphatic rings. The third-order valence-electron chi connectivity index (χ3n) is 5.25. The zero-order valence-corrected chi connectivity index (χ0v) is 19.9. The van der Waals surface area contributed by atoms with Crippen LogP contribution >= 0.6 is 0 Å². The van der Waals surface area contributed by atoms with Crippen molar-refractivity contribution in [3.63, 3.8) is 0 Å². The minimum Gasteiger partial charge on any atom is -0.486 e. The molecule has 35 heavy (non-hydrogen) atoms. The summed E-state index contributed by atoms with van der Waals surface area (Å²) in [4.78, 5) is 32.3. The number of amides is 1. The number of pyridine rings is 1. The molecule has 1 fully saturated rings. The van der Waals surface area contributed by atoms with Crippen molar-refractivity contribution >= 4 is 12.1 Å². The standard InChI is InChI=1S/C21H27N9O5/c1-21(2,3)35-20(32)28-8-7-15(9-17(28)19(31)33-4)30-24-10-14(25-30)12-34-16-5-6-18(22-11-16)29-13-23-26-27-29/h5-6,10-11,13,15,17H,7-9,12H2,1-4H3. The van der Waals surface area contributed by atoms with E-state index in [-0.39, 0.29) is 12.6 Å². The van der Waals surface area contributed by atoms with E-state index < -0.39 is 23.7 Å². The summed E-state index contributed by atoms with van der Waals surface area (Å²) in [6, 6.07) is 2.50. The van der Waals surface area contributed by atoms with Crippen LogP contribution in [0.1, 0.15) is 45.3 Å². The zero-order chi connectivity index (χ0) is 25.0. The van der Waals surface area contributed by atoms with E-state index in [4.69, 9.17) is 14.2 Å². The molecule has 14 nitrogen and oxygen atoms in total. The Bertz CT molecular complexity index is 1140. The lowest BCUT2D eigenvalue weighted by molar-refractivity contribution is -0.148. The van der Waals surface area contributed by atoms with Crippen LogP contribution in [0, 0.1) is 0 Å². The molecule has 2 atom stereocenters. The highest BCUT2D eigenvalue weighted by atomic mass is 16.6. The third-order valence-corrected chi connectivity index (χ3v) is 5.25. The molecule has 3 aromatic heterocycles. The van der Waals surface area contributed by atoms with E-state index >= 15 is 0 Å². The van der Waals surface area contributed by atoms with E-state index in [1.165, 1.54) is 23.0 Å². The van der Waals surface area contributed by atoms with Crippen LogP contribution in [0.4, 0.5) is 4.79 Å². The molecule has 1 saturated heterocycles. The molecule has 1 aliphatic heterocycles. The van der Waals surface area contributed by atoms with Crippen molar-refractivity contribution in [3.8, 4) is 11.6 Å². The van der Waals surface area contributed by atoms with Gasteiger partial charge in [-0.3, -0.25) is 4.90 Å². The number of rotatable bonds is 6. The van der Waals surface area contributed by atoms with Crippen LogP contribution in [-0.4, -0.2) is 82.4 Å². The lowest BCUT2D eigenvalue weighted by atomic mass is 9.98. The van der Waals surface area contributed by atoms with Gasteiger partial charge >= 0.3 is 12.1 Å². The van der Waals surface area contributed by atoms with Crippen molar-refractivity contribution in [2.45, 2.75) is 57.9 Å². The quantitative estimate of drug-likeness (QED) is 0.465. The third kappa shape index (κ3) is 5.88. The van der Waals surface area contributed by atoms with Gasteiger partial charge in [-0.1, -0.05) is 0 Å². The summed E-state index contributed by atoms with van der Waals surface area (Å²) >= 11 is 0. The predicted molar refractivity (Wildman–Crippen MR) is 118 cm³/mol. The number of likely N-dealkylation sites (tertiary alicyclic amines) is 1. The lowest BCUT2D eigenvalue weighted by Crippen LogP contribution is -2.52. The average molecular weight is 486 g/mol. The van der Waals surface area contributed by atoms with E-state index in [0.29, 0.717) is 36.6 Å². The van der Waals surface area contributed by atoms with Crippen molar-refractivity contribution < 1.29 is 23.8 Å². The molecule has 0 spiro atoms. The van der Waals surface area contributed by atoms with Gasteiger partial charge in [0.05, 0.1) is 25.5 Å². The Labute approximate surface area is 201 Å². The molecule has 0 aliphatic carbocycles. The molecule has 0 bridgehead atoms. The maximum atomic E-state index is 12.6. The molecule has 2 unspecified atom stereocenters. The second-order valence-corrected chi connectivity index (χ2v) is 8.94. The van der Waals surface area contributed by atoms with Gasteiger partial charge in [-0.25, -0.2) is 14.6 Å². The number of hydrogen-bond donors (Lipinski definition) is 0. The van der Waals surface area contributed by atoms with Crippen molar-refractivity contribution in [1.29, 1.82) is 0 Å². The highest BCUT2D eigenvalue weighted by Gasteiger charge is 2.40. The normalized spacial score (nSPS) is 18.2. The first-order chi connectivity index (χ1) is 16.7. The monoisotopic (exact) mass is 485 g/mol. The van der Waals surface area contributed by atoms with Crippen LogP contribution in [0.25, 0.3) is 5.82 Å². The number of tetrazole rings is 1. The number of methoxy groups -OCH3 is 1. The summed E-state index contributed by atoms with van der Waals surface area (Å²) in [6.45, 7) is 5.83. The maximum absolute atomic E-state index is 12.6. The Morgan fingerprint density at radius 2 is 2.03 bits per heavy atom. The van der Waals surface area contributed by atoms with Crippen LogP contribution in [0.3, 0.4) is 0 Å². The maximum Gasteiger partial charge on any atom is 0.411 e. The van der Waals surface area contributed by atoms with Crippen molar-refractivity contribution in [2.24, 2.45) is 0 Å². The molecule has 4 heterocycles. The first-order valence-electron chi connectivity index (χ1n) is 11.0. The molecular weight excluding hydrogens is 458 g/mol. The van der Waals surface area contributed by atoms with Gasteiger partial charge in [0.15, 0.2) is 5.82 Å². The topological polar surface area (TPSA) is 152 Å². The number of ether oxygens (including phenoxy) is 3. The summed E-state index contributed by atoms with van der Waals surface area (Å²) in [5.41, 5.74) is -0.0602. The predicted octanol–water partition coefficient (Wildman–Crippen LogP) is 1.34. The number of aromatic nitrogens is 8. The number of hydrogen-bond acceptors (Lipinski definition) is 11. The highest BCUT2D eigenvalue weighted by molar-refractivity contribution is 5.81. The minimum absolute atomic E-state index is 0.184. The van der Waals surface area contributed by atoms with E-state index in [1.54, 1.807) is 50.1 Å². The summed E-state index contributed by atoms with van der Waals surface area (Å²) < 4.78 is 17.6. The van der Waals surface area contributed by atoms with Gasteiger partial charge in [0.1, 0.15) is 36.0 Å². The summed E-state index contributed by atoms with van der Waals surface area (Å²) in [7, 11) is 1.30. The average Bonchev–Trinajstić information content (AvgIpc) is 3.54. The van der Waals surface area contributed by atoms with E-state index in [9.17, 15) is 9.59 Å². The number of piperidine rings is 1. The minimum atomic E-state index is -0.788. The molecule has 4 rings (SSSR count). The number of carbonyl (C=O) groups is 2. The van der Waals surface area contributed by atoms with Gasteiger partial charge in [-0.05, 0) is 49.8 Å². The van der Waals surface area contributed by atoms with E-state index in [0.717, 1.165) is 0 Å². The first kappa shape index (κ1) is 24.0. The summed E-state index contributed by atoms with van der Waals surface area (Å²) in [5.74, 6) is 0.605. The van der Waals surface area contributed by atoms with Crippen LogP contribution < -0.4 is 4.74 Å². The Morgan fingerprint density at radius 1 is 1.20 bits per heavy atom. The van der Waals surface area contributed by atoms with Crippen LogP contribution in [-0.2, 0) is 20.9 Å².